The number of esters is 1. The van der Waals surface area contributed by atoms with Crippen LogP contribution < -0.4 is 5.32 Å². The topological polar surface area (TPSA) is 51.5 Å². The van der Waals surface area contributed by atoms with E-state index in [-0.39, 0.29) is 11.8 Å². The molecule has 3 unspecified atom stereocenters. The van der Waals surface area contributed by atoms with Crippen LogP contribution in [0, 0.1) is 5.92 Å². The summed E-state index contributed by atoms with van der Waals surface area (Å²) < 4.78 is 10.2. The van der Waals surface area contributed by atoms with Gasteiger partial charge in [0.2, 0.25) is 5.76 Å². The first-order chi connectivity index (χ1) is 9.10. The summed E-state index contributed by atoms with van der Waals surface area (Å²) in [4.78, 5) is 11.3. The molecule has 19 heavy (non-hydrogen) atoms. The van der Waals surface area contributed by atoms with Crippen LogP contribution in [0.15, 0.2) is 16.5 Å². The molecule has 4 nitrogen and oxygen atoms in total. The molecule has 1 aliphatic carbocycles. The Morgan fingerprint density at radius 2 is 2.26 bits per heavy atom. The average molecular weight is 265 g/mol. The molecule has 1 saturated carbocycles. The normalized spacial score (nSPS) is 25.0. The fourth-order valence-corrected chi connectivity index (χ4v) is 2.82. The zero-order valence-corrected chi connectivity index (χ0v) is 11.9. The summed E-state index contributed by atoms with van der Waals surface area (Å²) in [5.74, 6) is 1.42. The van der Waals surface area contributed by atoms with Crippen LogP contribution in [-0.4, -0.2) is 19.1 Å². The van der Waals surface area contributed by atoms with Crippen molar-refractivity contribution in [2.24, 2.45) is 5.92 Å². The smallest absolute Gasteiger partial charge is 0.373 e. The van der Waals surface area contributed by atoms with Crippen molar-refractivity contribution in [3.63, 3.8) is 0 Å². The molecule has 4 heteroatoms. The Balaban J connectivity index is 1.93. The van der Waals surface area contributed by atoms with Gasteiger partial charge in [0.15, 0.2) is 0 Å². The van der Waals surface area contributed by atoms with Gasteiger partial charge in [0.05, 0.1) is 13.2 Å². The summed E-state index contributed by atoms with van der Waals surface area (Å²) in [6.45, 7) is 4.37. The molecular formula is C15H23NO3. The second-order valence-electron chi connectivity index (χ2n) is 5.55. The Bertz CT molecular complexity index is 427. The standard InChI is InChI=1S/C15H23NO3/c1-10-5-4-6-12(9-10)16-11(2)13-7-8-14(19-13)15(17)18-3/h7-8,10-12,16H,4-6,9H2,1-3H3. The van der Waals surface area contributed by atoms with Crippen LogP contribution in [0.1, 0.15) is 61.9 Å². The zero-order chi connectivity index (χ0) is 13.8. The van der Waals surface area contributed by atoms with E-state index in [9.17, 15) is 4.79 Å². The number of furan rings is 1. The molecule has 1 heterocycles. The maximum Gasteiger partial charge on any atom is 0.373 e. The number of carbonyl (C=O) groups excluding carboxylic acids is 1. The summed E-state index contributed by atoms with van der Waals surface area (Å²) in [6, 6.07) is 4.18. The predicted molar refractivity (Wildman–Crippen MR) is 73.0 cm³/mol. The quantitative estimate of drug-likeness (QED) is 0.849. The SMILES string of the molecule is COC(=O)c1ccc(C(C)NC2CCCC(C)C2)o1. The molecule has 106 valence electrons. The Hall–Kier alpha value is -1.29. The monoisotopic (exact) mass is 265 g/mol. The van der Waals surface area contributed by atoms with E-state index in [2.05, 4.69) is 23.9 Å². The van der Waals surface area contributed by atoms with Gasteiger partial charge in [-0.25, -0.2) is 4.79 Å². The molecule has 0 saturated heterocycles. The highest BCUT2D eigenvalue weighted by Crippen LogP contribution is 2.26. The molecular weight excluding hydrogens is 242 g/mol. The second-order valence-corrected chi connectivity index (χ2v) is 5.55. The molecule has 0 spiro atoms. The highest BCUT2D eigenvalue weighted by atomic mass is 16.5. The molecule has 1 N–H and O–H groups in total. The molecule has 0 bridgehead atoms. The highest BCUT2D eigenvalue weighted by Gasteiger charge is 2.22. The van der Waals surface area contributed by atoms with Crippen LogP contribution in [0.2, 0.25) is 0 Å². The molecule has 0 aliphatic heterocycles. The summed E-state index contributed by atoms with van der Waals surface area (Å²) >= 11 is 0. The third kappa shape index (κ3) is 3.60. The number of ether oxygens (including phenoxy) is 1. The predicted octanol–water partition coefficient (Wildman–Crippen LogP) is 3.30. The second kappa shape index (κ2) is 6.24. The summed E-state index contributed by atoms with van der Waals surface area (Å²) in [5.41, 5.74) is 0. The van der Waals surface area contributed by atoms with Gasteiger partial charge < -0.3 is 14.5 Å². The van der Waals surface area contributed by atoms with Crippen molar-refractivity contribution in [2.75, 3.05) is 7.11 Å². The number of methoxy groups -OCH3 is 1. The Morgan fingerprint density at radius 3 is 2.95 bits per heavy atom. The number of nitrogens with one attached hydrogen (secondary N) is 1. The molecule has 0 amide bonds. The summed E-state index contributed by atoms with van der Waals surface area (Å²) in [5, 5.41) is 3.59. The van der Waals surface area contributed by atoms with Crippen LogP contribution in [0.25, 0.3) is 0 Å². The lowest BCUT2D eigenvalue weighted by molar-refractivity contribution is 0.0562. The number of carbonyl (C=O) groups is 1. The Kier molecular flexibility index (Phi) is 4.64. The Morgan fingerprint density at radius 1 is 1.47 bits per heavy atom. The first-order valence-electron chi connectivity index (χ1n) is 7.04. The van der Waals surface area contributed by atoms with Gasteiger partial charge in [0.1, 0.15) is 5.76 Å². The number of hydrogen-bond donors (Lipinski definition) is 1. The van der Waals surface area contributed by atoms with E-state index < -0.39 is 5.97 Å². The lowest BCUT2D eigenvalue weighted by Gasteiger charge is -2.29. The molecule has 3 atom stereocenters. The lowest BCUT2D eigenvalue weighted by atomic mass is 9.87. The third-order valence-corrected chi connectivity index (χ3v) is 3.86. The molecule has 1 fully saturated rings. The van der Waals surface area contributed by atoms with Gasteiger partial charge in [-0.3, -0.25) is 0 Å². The fourth-order valence-electron chi connectivity index (χ4n) is 2.82. The zero-order valence-electron chi connectivity index (χ0n) is 11.9. The van der Waals surface area contributed by atoms with Gasteiger partial charge in [0.25, 0.3) is 0 Å². The van der Waals surface area contributed by atoms with Crippen LogP contribution >= 0.6 is 0 Å². The number of hydrogen-bond acceptors (Lipinski definition) is 4. The van der Waals surface area contributed by atoms with Gasteiger partial charge >= 0.3 is 5.97 Å². The van der Waals surface area contributed by atoms with Crippen molar-refractivity contribution in [2.45, 2.75) is 51.6 Å². The minimum Gasteiger partial charge on any atom is -0.463 e. The largest absolute Gasteiger partial charge is 0.463 e. The van der Waals surface area contributed by atoms with E-state index in [0.717, 1.165) is 11.7 Å². The van der Waals surface area contributed by atoms with Crippen molar-refractivity contribution in [3.05, 3.63) is 23.7 Å². The van der Waals surface area contributed by atoms with Gasteiger partial charge in [-0.05, 0) is 37.8 Å². The highest BCUT2D eigenvalue weighted by molar-refractivity contribution is 5.86. The number of rotatable bonds is 4. The average Bonchev–Trinajstić information content (AvgIpc) is 2.87. The van der Waals surface area contributed by atoms with Crippen molar-refractivity contribution < 1.29 is 13.9 Å². The summed E-state index contributed by atoms with van der Waals surface area (Å²) in [7, 11) is 1.36. The molecule has 0 aromatic carbocycles. The van der Waals surface area contributed by atoms with Crippen LogP contribution in [0.3, 0.4) is 0 Å². The van der Waals surface area contributed by atoms with E-state index in [1.807, 2.05) is 6.07 Å². The molecule has 1 aromatic rings. The molecule has 2 rings (SSSR count). The van der Waals surface area contributed by atoms with Crippen molar-refractivity contribution >= 4 is 5.97 Å². The van der Waals surface area contributed by atoms with Gasteiger partial charge in [0, 0.05) is 6.04 Å². The van der Waals surface area contributed by atoms with E-state index >= 15 is 0 Å². The maximum absolute atomic E-state index is 11.3. The molecule has 1 aromatic heterocycles. The van der Waals surface area contributed by atoms with Crippen molar-refractivity contribution in [1.82, 2.24) is 5.32 Å². The molecule has 0 radical (unpaired) electrons. The molecule has 1 aliphatic rings. The van der Waals surface area contributed by atoms with Crippen LogP contribution in [-0.2, 0) is 4.74 Å². The Labute approximate surface area is 114 Å². The minimum atomic E-state index is -0.426. The third-order valence-electron chi connectivity index (χ3n) is 3.86. The first-order valence-corrected chi connectivity index (χ1v) is 7.04. The van der Waals surface area contributed by atoms with E-state index in [1.165, 1.54) is 32.8 Å². The minimum absolute atomic E-state index is 0.119. The fraction of sp³-hybridized carbons (Fsp3) is 0.667. The van der Waals surface area contributed by atoms with Crippen molar-refractivity contribution in [3.8, 4) is 0 Å². The maximum atomic E-state index is 11.3. The van der Waals surface area contributed by atoms with Crippen LogP contribution in [0.4, 0.5) is 0 Å². The van der Waals surface area contributed by atoms with E-state index in [0.29, 0.717) is 6.04 Å². The first kappa shape index (κ1) is 14.1. The summed E-state index contributed by atoms with van der Waals surface area (Å²) in [6.07, 6.45) is 5.06. The van der Waals surface area contributed by atoms with Gasteiger partial charge in [-0.15, -0.1) is 0 Å². The van der Waals surface area contributed by atoms with Crippen molar-refractivity contribution in [1.29, 1.82) is 0 Å². The van der Waals surface area contributed by atoms with Gasteiger partial charge in [-0.1, -0.05) is 19.8 Å². The van der Waals surface area contributed by atoms with Crippen LogP contribution in [0.5, 0.6) is 0 Å². The lowest BCUT2D eigenvalue weighted by Crippen LogP contribution is -2.35. The van der Waals surface area contributed by atoms with E-state index in [1.54, 1.807) is 6.07 Å². The van der Waals surface area contributed by atoms with E-state index in [4.69, 9.17) is 4.42 Å². The van der Waals surface area contributed by atoms with Gasteiger partial charge in [-0.2, -0.15) is 0 Å².